The molecule has 1 heterocycles. The number of aromatic nitrogens is 1. The highest BCUT2D eigenvalue weighted by Crippen LogP contribution is 2.28. The number of rotatable bonds is 10. The van der Waals surface area contributed by atoms with Gasteiger partial charge in [-0.3, -0.25) is 9.79 Å². The molecule has 1 saturated carbocycles. The van der Waals surface area contributed by atoms with Gasteiger partial charge in [-0.1, -0.05) is 31.7 Å². The lowest BCUT2D eigenvalue weighted by Gasteiger charge is -2.13. The summed E-state index contributed by atoms with van der Waals surface area (Å²) in [7, 11) is 0. The van der Waals surface area contributed by atoms with Crippen LogP contribution < -0.4 is 16.2 Å². The Morgan fingerprint density at radius 2 is 2.00 bits per heavy atom. The van der Waals surface area contributed by atoms with Crippen LogP contribution in [0, 0.1) is 12.8 Å². The fraction of sp³-hybridized carbons (Fsp3) is 0.714. The number of guanidine groups is 1. The zero-order valence-corrected chi connectivity index (χ0v) is 16.6. The van der Waals surface area contributed by atoms with Crippen molar-refractivity contribution in [1.82, 2.24) is 15.2 Å². The molecule has 0 radical (unpaired) electrons. The second-order valence-electron chi connectivity index (χ2n) is 7.34. The fourth-order valence-electron chi connectivity index (χ4n) is 3.72. The van der Waals surface area contributed by atoms with E-state index in [0.29, 0.717) is 0 Å². The average molecular weight is 361 g/mol. The fourth-order valence-corrected chi connectivity index (χ4v) is 3.72. The summed E-state index contributed by atoms with van der Waals surface area (Å²) in [4.78, 5) is 16.6. The topological polar surface area (TPSA) is 58.4 Å². The lowest BCUT2D eigenvalue weighted by atomic mass is 10.0. The number of nitrogens with one attached hydrogen (secondary N) is 2. The van der Waals surface area contributed by atoms with E-state index in [0.717, 1.165) is 56.6 Å². The second-order valence-corrected chi connectivity index (χ2v) is 7.34. The molecule has 0 bridgehead atoms. The van der Waals surface area contributed by atoms with Crippen LogP contribution >= 0.6 is 0 Å². The van der Waals surface area contributed by atoms with E-state index in [9.17, 15) is 4.79 Å². The van der Waals surface area contributed by atoms with Crippen molar-refractivity contribution in [2.24, 2.45) is 10.9 Å². The monoisotopic (exact) mass is 360 g/mol. The van der Waals surface area contributed by atoms with E-state index in [4.69, 9.17) is 4.99 Å². The van der Waals surface area contributed by atoms with Crippen LogP contribution in [0.15, 0.2) is 28.0 Å². The third-order valence-electron chi connectivity index (χ3n) is 5.23. The van der Waals surface area contributed by atoms with Gasteiger partial charge in [0.15, 0.2) is 5.96 Å². The number of aliphatic imine (C=N–C) groups is 1. The van der Waals surface area contributed by atoms with Crippen LogP contribution in [0.3, 0.4) is 0 Å². The Hall–Kier alpha value is -1.78. The van der Waals surface area contributed by atoms with Crippen molar-refractivity contribution >= 4 is 5.96 Å². The summed E-state index contributed by atoms with van der Waals surface area (Å²) < 4.78 is 1.85. The molecule has 0 unspecified atom stereocenters. The van der Waals surface area contributed by atoms with E-state index in [-0.39, 0.29) is 5.56 Å². The summed E-state index contributed by atoms with van der Waals surface area (Å²) in [5.41, 5.74) is 1.12. The summed E-state index contributed by atoms with van der Waals surface area (Å²) in [5, 5.41) is 6.74. The average Bonchev–Trinajstić information content (AvgIpc) is 3.14. The SMILES string of the molecule is CCNC(=NCCCC1CCCC1)NCCCCn1c(C)cccc1=O. The Kier molecular flexibility index (Phi) is 9.29. The molecule has 1 aromatic heterocycles. The predicted molar refractivity (Wildman–Crippen MR) is 110 cm³/mol. The Morgan fingerprint density at radius 3 is 2.73 bits per heavy atom. The minimum Gasteiger partial charge on any atom is -0.357 e. The van der Waals surface area contributed by atoms with Gasteiger partial charge in [0.1, 0.15) is 0 Å². The van der Waals surface area contributed by atoms with Crippen LogP contribution in [-0.2, 0) is 6.54 Å². The first kappa shape index (κ1) is 20.5. The van der Waals surface area contributed by atoms with Crippen molar-refractivity contribution in [2.45, 2.75) is 71.8 Å². The van der Waals surface area contributed by atoms with Gasteiger partial charge in [-0.25, -0.2) is 0 Å². The molecule has 2 rings (SSSR count). The second kappa shape index (κ2) is 11.8. The number of unbranched alkanes of at least 4 members (excludes halogenated alkanes) is 1. The highest BCUT2D eigenvalue weighted by atomic mass is 16.1. The Labute approximate surface area is 158 Å². The zero-order valence-electron chi connectivity index (χ0n) is 16.6. The van der Waals surface area contributed by atoms with E-state index >= 15 is 0 Å². The van der Waals surface area contributed by atoms with Crippen molar-refractivity contribution in [1.29, 1.82) is 0 Å². The van der Waals surface area contributed by atoms with Crippen LogP contribution in [0.25, 0.3) is 0 Å². The first-order valence-electron chi connectivity index (χ1n) is 10.4. The van der Waals surface area contributed by atoms with E-state index in [2.05, 4.69) is 17.6 Å². The van der Waals surface area contributed by atoms with Crippen LogP contribution in [-0.4, -0.2) is 30.2 Å². The van der Waals surface area contributed by atoms with Gasteiger partial charge in [-0.2, -0.15) is 0 Å². The Balaban J connectivity index is 1.64. The van der Waals surface area contributed by atoms with Gasteiger partial charge in [0.05, 0.1) is 0 Å². The van der Waals surface area contributed by atoms with Gasteiger partial charge in [-0.15, -0.1) is 0 Å². The molecule has 26 heavy (non-hydrogen) atoms. The Bertz CT molecular complexity index is 602. The molecular weight excluding hydrogens is 324 g/mol. The maximum Gasteiger partial charge on any atom is 0.250 e. The van der Waals surface area contributed by atoms with Crippen molar-refractivity contribution in [3.05, 3.63) is 34.2 Å². The van der Waals surface area contributed by atoms with Gasteiger partial charge in [0.2, 0.25) is 0 Å². The van der Waals surface area contributed by atoms with Gasteiger partial charge in [0.25, 0.3) is 5.56 Å². The smallest absolute Gasteiger partial charge is 0.250 e. The molecule has 1 aliphatic carbocycles. The minimum absolute atomic E-state index is 0.0927. The van der Waals surface area contributed by atoms with Gasteiger partial charge >= 0.3 is 0 Å². The van der Waals surface area contributed by atoms with Crippen LogP contribution in [0.2, 0.25) is 0 Å². The van der Waals surface area contributed by atoms with Gasteiger partial charge < -0.3 is 15.2 Å². The van der Waals surface area contributed by atoms with Crippen molar-refractivity contribution in [2.75, 3.05) is 19.6 Å². The minimum atomic E-state index is 0.0927. The summed E-state index contributed by atoms with van der Waals surface area (Å²) in [6.45, 7) is 7.54. The van der Waals surface area contributed by atoms with Crippen molar-refractivity contribution < 1.29 is 0 Å². The summed E-state index contributed by atoms with van der Waals surface area (Å²) in [6, 6.07) is 5.44. The number of hydrogen-bond acceptors (Lipinski definition) is 2. The molecule has 0 aliphatic heterocycles. The predicted octanol–water partition coefficient (Wildman–Crippen LogP) is 3.46. The summed E-state index contributed by atoms with van der Waals surface area (Å²) in [5.74, 6) is 1.87. The van der Waals surface area contributed by atoms with E-state index < -0.39 is 0 Å². The van der Waals surface area contributed by atoms with Gasteiger partial charge in [-0.05, 0) is 51.5 Å². The van der Waals surface area contributed by atoms with E-state index in [1.54, 1.807) is 6.07 Å². The zero-order chi connectivity index (χ0) is 18.6. The van der Waals surface area contributed by atoms with Gasteiger partial charge in [0, 0.05) is 37.9 Å². The molecular formula is C21H36N4O. The van der Waals surface area contributed by atoms with Crippen LogP contribution in [0.1, 0.15) is 64.0 Å². The van der Waals surface area contributed by atoms with E-state index in [1.807, 2.05) is 23.6 Å². The molecule has 1 aliphatic rings. The third kappa shape index (κ3) is 7.22. The van der Waals surface area contributed by atoms with Crippen molar-refractivity contribution in [3.8, 4) is 0 Å². The lowest BCUT2D eigenvalue weighted by molar-refractivity contribution is 0.487. The quantitative estimate of drug-likeness (QED) is 0.382. The summed E-state index contributed by atoms with van der Waals surface area (Å²) in [6.07, 6.45) is 10.2. The third-order valence-corrected chi connectivity index (χ3v) is 5.23. The molecule has 5 nitrogen and oxygen atoms in total. The number of pyridine rings is 1. The maximum atomic E-state index is 11.9. The maximum absolute atomic E-state index is 11.9. The molecule has 0 aromatic carbocycles. The largest absolute Gasteiger partial charge is 0.357 e. The molecule has 1 fully saturated rings. The van der Waals surface area contributed by atoms with Crippen LogP contribution in [0.5, 0.6) is 0 Å². The number of aryl methyl sites for hydroxylation is 1. The molecule has 0 spiro atoms. The lowest BCUT2D eigenvalue weighted by Crippen LogP contribution is -2.38. The normalized spacial score (nSPS) is 15.4. The summed E-state index contributed by atoms with van der Waals surface area (Å²) >= 11 is 0. The van der Waals surface area contributed by atoms with E-state index in [1.165, 1.54) is 38.5 Å². The molecule has 2 N–H and O–H groups in total. The Morgan fingerprint density at radius 1 is 1.19 bits per heavy atom. The molecule has 146 valence electrons. The number of hydrogen-bond donors (Lipinski definition) is 2. The standard InChI is InChI=1S/C21H36N4O/c1-3-22-21(24-16-9-13-19-11-4-5-12-19)23-15-6-7-17-25-18(2)10-8-14-20(25)26/h8,10,14,19H,3-7,9,11-13,15-17H2,1-2H3,(H2,22,23,24). The molecule has 0 atom stereocenters. The van der Waals surface area contributed by atoms with Crippen molar-refractivity contribution in [3.63, 3.8) is 0 Å². The highest BCUT2D eigenvalue weighted by Gasteiger charge is 2.13. The first-order valence-corrected chi connectivity index (χ1v) is 10.4. The highest BCUT2D eigenvalue weighted by molar-refractivity contribution is 5.79. The first-order chi connectivity index (χ1) is 12.7. The molecule has 5 heteroatoms. The molecule has 0 saturated heterocycles. The molecule has 0 amide bonds. The van der Waals surface area contributed by atoms with Crippen LogP contribution in [0.4, 0.5) is 0 Å². The molecule has 1 aromatic rings. The number of nitrogens with zero attached hydrogens (tertiary/aromatic N) is 2.